The van der Waals surface area contributed by atoms with Crippen LogP contribution in [0.3, 0.4) is 0 Å². The summed E-state index contributed by atoms with van der Waals surface area (Å²) < 4.78 is 12.7. The Morgan fingerprint density at radius 1 is 1.45 bits per heavy atom. The number of hydrogen-bond donors (Lipinski definition) is 2. The fourth-order valence-corrected chi connectivity index (χ4v) is 0.943. The van der Waals surface area contributed by atoms with Gasteiger partial charge in [-0.2, -0.15) is 0 Å². The number of rotatable bonds is 1. The first kappa shape index (κ1) is 8.30. The molecule has 0 radical (unpaired) electrons. The maximum absolute atomic E-state index is 12.7. The first-order valence-electron chi connectivity index (χ1n) is 2.93. The van der Waals surface area contributed by atoms with Crippen molar-refractivity contribution in [1.29, 1.82) is 0 Å². The summed E-state index contributed by atoms with van der Waals surface area (Å²) in [6.45, 7) is -0.515. The van der Waals surface area contributed by atoms with Crippen molar-refractivity contribution in [3.05, 3.63) is 28.5 Å². The van der Waals surface area contributed by atoms with E-state index < -0.39 is 12.4 Å². The minimum atomic E-state index is -0.615. The molecule has 0 bridgehead atoms. The minimum absolute atomic E-state index is 0.0772. The predicted molar refractivity (Wildman–Crippen MR) is 39.0 cm³/mol. The van der Waals surface area contributed by atoms with E-state index in [0.717, 1.165) is 12.1 Å². The zero-order valence-corrected chi connectivity index (χ0v) is 6.27. The third kappa shape index (κ3) is 1.44. The minimum Gasteiger partial charge on any atom is -0.506 e. The fourth-order valence-electron chi connectivity index (χ4n) is 0.730. The normalized spacial score (nSPS) is 10.1. The van der Waals surface area contributed by atoms with Crippen LogP contribution in [0.5, 0.6) is 5.75 Å². The van der Waals surface area contributed by atoms with Gasteiger partial charge in [-0.05, 0) is 12.1 Å². The van der Waals surface area contributed by atoms with Gasteiger partial charge in [0.2, 0.25) is 0 Å². The molecule has 0 saturated heterocycles. The van der Waals surface area contributed by atoms with Gasteiger partial charge < -0.3 is 10.2 Å². The molecule has 0 unspecified atom stereocenters. The molecule has 60 valence electrons. The highest BCUT2D eigenvalue weighted by Gasteiger charge is 2.09. The van der Waals surface area contributed by atoms with Crippen LogP contribution in [0.4, 0.5) is 4.39 Å². The topological polar surface area (TPSA) is 40.5 Å². The molecule has 11 heavy (non-hydrogen) atoms. The summed E-state index contributed by atoms with van der Waals surface area (Å²) >= 11 is 5.45. The summed E-state index contributed by atoms with van der Waals surface area (Å²) in [6.07, 6.45) is 0. The summed E-state index contributed by atoms with van der Waals surface area (Å²) in [7, 11) is 0. The van der Waals surface area contributed by atoms with E-state index in [-0.39, 0.29) is 16.3 Å². The molecule has 0 fully saturated rings. The van der Waals surface area contributed by atoms with E-state index in [1.54, 1.807) is 0 Å². The van der Waals surface area contributed by atoms with Crippen LogP contribution in [0.15, 0.2) is 12.1 Å². The number of phenols is 1. The molecule has 1 aromatic rings. The highest BCUT2D eigenvalue weighted by molar-refractivity contribution is 6.32. The Hall–Kier alpha value is -0.800. The molecule has 0 amide bonds. The van der Waals surface area contributed by atoms with Crippen LogP contribution in [0.25, 0.3) is 0 Å². The van der Waals surface area contributed by atoms with Crippen molar-refractivity contribution in [2.45, 2.75) is 6.61 Å². The van der Waals surface area contributed by atoms with E-state index in [4.69, 9.17) is 21.8 Å². The average molecular weight is 177 g/mol. The van der Waals surface area contributed by atoms with E-state index in [1.807, 2.05) is 0 Å². The molecule has 4 heteroatoms. The van der Waals surface area contributed by atoms with Crippen LogP contribution in [0, 0.1) is 5.82 Å². The lowest BCUT2D eigenvalue weighted by Gasteiger charge is -2.02. The molecule has 0 atom stereocenters. The van der Waals surface area contributed by atoms with Crippen LogP contribution in [0.2, 0.25) is 5.02 Å². The van der Waals surface area contributed by atoms with Crippen molar-refractivity contribution < 1.29 is 14.6 Å². The second-order valence-corrected chi connectivity index (χ2v) is 2.40. The van der Waals surface area contributed by atoms with Gasteiger partial charge in [0.05, 0.1) is 11.6 Å². The predicted octanol–water partition coefficient (Wildman–Crippen LogP) is 1.68. The number of hydrogen-bond acceptors (Lipinski definition) is 2. The Bertz CT molecular complexity index is 275. The summed E-state index contributed by atoms with van der Waals surface area (Å²) in [6, 6.07) is 2.18. The Morgan fingerprint density at radius 2 is 2.09 bits per heavy atom. The highest BCUT2D eigenvalue weighted by atomic mass is 35.5. The smallest absolute Gasteiger partial charge is 0.134 e. The van der Waals surface area contributed by atoms with Gasteiger partial charge in [0.25, 0.3) is 0 Å². The number of aromatic hydroxyl groups is 1. The SMILES string of the molecule is OCc1c(F)ccc(O)c1Cl. The number of aliphatic hydroxyl groups excluding tert-OH is 1. The highest BCUT2D eigenvalue weighted by Crippen LogP contribution is 2.28. The van der Waals surface area contributed by atoms with Crippen LogP contribution in [-0.2, 0) is 6.61 Å². The molecule has 0 aliphatic carbocycles. The molecule has 0 spiro atoms. The quantitative estimate of drug-likeness (QED) is 0.684. The Labute approximate surface area is 67.9 Å². The molecular weight excluding hydrogens is 171 g/mol. The van der Waals surface area contributed by atoms with Crippen molar-refractivity contribution in [2.75, 3.05) is 0 Å². The fraction of sp³-hybridized carbons (Fsp3) is 0.143. The molecule has 0 aromatic heterocycles. The van der Waals surface area contributed by atoms with Crippen molar-refractivity contribution in [1.82, 2.24) is 0 Å². The van der Waals surface area contributed by atoms with E-state index >= 15 is 0 Å². The van der Waals surface area contributed by atoms with E-state index in [2.05, 4.69) is 0 Å². The van der Waals surface area contributed by atoms with Crippen molar-refractivity contribution in [3.8, 4) is 5.75 Å². The zero-order chi connectivity index (χ0) is 8.43. The van der Waals surface area contributed by atoms with Gasteiger partial charge >= 0.3 is 0 Å². The number of halogens is 2. The van der Waals surface area contributed by atoms with Crippen LogP contribution < -0.4 is 0 Å². The number of phenolic OH excluding ortho intramolecular Hbond substituents is 1. The number of benzene rings is 1. The summed E-state index contributed by atoms with van der Waals surface area (Å²) in [5, 5.41) is 17.4. The first-order chi connectivity index (χ1) is 5.16. The van der Waals surface area contributed by atoms with Gasteiger partial charge in [-0.15, -0.1) is 0 Å². The lowest BCUT2D eigenvalue weighted by atomic mass is 10.2. The van der Waals surface area contributed by atoms with E-state index in [1.165, 1.54) is 0 Å². The molecular formula is C7H6ClFO2. The Balaban J connectivity index is 3.29. The summed E-state index contributed by atoms with van der Waals surface area (Å²) in [5.41, 5.74) is -0.0772. The van der Waals surface area contributed by atoms with Gasteiger partial charge in [0.15, 0.2) is 0 Å². The van der Waals surface area contributed by atoms with Gasteiger partial charge in [0, 0.05) is 5.56 Å². The molecule has 2 nitrogen and oxygen atoms in total. The largest absolute Gasteiger partial charge is 0.506 e. The average Bonchev–Trinajstić information content (AvgIpc) is 1.99. The maximum atomic E-state index is 12.7. The monoisotopic (exact) mass is 176 g/mol. The van der Waals surface area contributed by atoms with Gasteiger partial charge in [-0.25, -0.2) is 4.39 Å². The third-order valence-corrected chi connectivity index (χ3v) is 1.75. The van der Waals surface area contributed by atoms with E-state index in [0.29, 0.717) is 0 Å². The second-order valence-electron chi connectivity index (χ2n) is 2.02. The third-order valence-electron chi connectivity index (χ3n) is 1.32. The van der Waals surface area contributed by atoms with Crippen LogP contribution in [-0.4, -0.2) is 10.2 Å². The Kier molecular flexibility index (Phi) is 2.31. The standard InChI is InChI=1S/C7H6ClFO2/c8-7-4(3-10)5(9)1-2-6(7)11/h1-2,10-11H,3H2. The molecule has 1 aromatic carbocycles. The Morgan fingerprint density at radius 3 is 2.55 bits per heavy atom. The molecule has 1 rings (SSSR count). The molecule has 0 saturated carbocycles. The lowest BCUT2D eigenvalue weighted by molar-refractivity contribution is 0.275. The number of aliphatic hydroxyl groups is 1. The maximum Gasteiger partial charge on any atom is 0.134 e. The van der Waals surface area contributed by atoms with E-state index in [9.17, 15) is 4.39 Å². The second kappa shape index (κ2) is 3.07. The van der Waals surface area contributed by atoms with Crippen molar-refractivity contribution >= 4 is 11.6 Å². The van der Waals surface area contributed by atoms with Gasteiger partial charge in [0.1, 0.15) is 11.6 Å². The van der Waals surface area contributed by atoms with Crippen molar-refractivity contribution in [2.24, 2.45) is 0 Å². The zero-order valence-electron chi connectivity index (χ0n) is 5.51. The van der Waals surface area contributed by atoms with Crippen LogP contribution >= 0.6 is 11.6 Å². The molecule has 0 heterocycles. The van der Waals surface area contributed by atoms with Crippen molar-refractivity contribution in [3.63, 3.8) is 0 Å². The molecule has 0 aliphatic rings. The van der Waals surface area contributed by atoms with Crippen LogP contribution in [0.1, 0.15) is 5.56 Å². The summed E-state index contributed by atoms with van der Waals surface area (Å²) in [4.78, 5) is 0. The van der Waals surface area contributed by atoms with Gasteiger partial charge in [-0.3, -0.25) is 0 Å². The summed E-state index contributed by atoms with van der Waals surface area (Å²) in [5.74, 6) is -0.840. The lowest BCUT2D eigenvalue weighted by Crippen LogP contribution is -1.90. The molecule has 0 aliphatic heterocycles. The molecule has 2 N–H and O–H groups in total. The first-order valence-corrected chi connectivity index (χ1v) is 3.31. The van der Waals surface area contributed by atoms with Gasteiger partial charge in [-0.1, -0.05) is 11.6 Å².